The number of halogens is 2. The van der Waals surface area contributed by atoms with Gasteiger partial charge in [0.15, 0.2) is 0 Å². The van der Waals surface area contributed by atoms with Crippen molar-refractivity contribution in [1.29, 1.82) is 0 Å². The molecule has 4 nitrogen and oxygen atoms in total. The van der Waals surface area contributed by atoms with Crippen LogP contribution in [0.1, 0.15) is 39.6 Å². The van der Waals surface area contributed by atoms with Crippen molar-refractivity contribution in [3.63, 3.8) is 0 Å². The van der Waals surface area contributed by atoms with Gasteiger partial charge in [0.05, 0.1) is 17.3 Å². The zero-order valence-corrected chi connectivity index (χ0v) is 23.8. The van der Waals surface area contributed by atoms with Gasteiger partial charge in [-0.2, -0.15) is 5.10 Å². The third-order valence-electron chi connectivity index (χ3n) is 6.87. The maximum absolute atomic E-state index is 13.8. The second-order valence-electron chi connectivity index (χ2n) is 9.31. The Labute approximate surface area is 238 Å². The van der Waals surface area contributed by atoms with Crippen molar-refractivity contribution >= 4 is 54.4 Å². The van der Waals surface area contributed by atoms with E-state index in [9.17, 15) is 4.79 Å². The summed E-state index contributed by atoms with van der Waals surface area (Å²) in [6.07, 6.45) is 0.585. The second kappa shape index (κ2) is 10.3. The largest absolute Gasteiger partial charge is 0.274 e. The number of hydrogen-bond donors (Lipinski definition) is 0. The van der Waals surface area contributed by atoms with Crippen molar-refractivity contribution in [3.05, 3.63) is 134 Å². The lowest BCUT2D eigenvalue weighted by molar-refractivity contribution is 0.0711. The number of pyridine rings is 1. The average Bonchev–Trinajstić information content (AvgIpc) is 3.38. The summed E-state index contributed by atoms with van der Waals surface area (Å²) in [7, 11) is 0. The summed E-state index contributed by atoms with van der Waals surface area (Å²) < 4.78 is 1.98. The molecule has 0 saturated carbocycles. The SMILES string of the molecule is Cc1nc2ccc(Br)cc2c(-c2ccccc2)c1C1=NN(C(=O)c2ccccc2)C(c2ccc(Br)cc2)C1. The van der Waals surface area contributed by atoms with Gasteiger partial charge in [0, 0.05) is 43.1 Å². The fourth-order valence-electron chi connectivity index (χ4n) is 5.12. The summed E-state index contributed by atoms with van der Waals surface area (Å²) in [5.41, 5.74) is 7.46. The van der Waals surface area contributed by atoms with Crippen LogP contribution in [0.5, 0.6) is 0 Å². The molecule has 186 valence electrons. The minimum absolute atomic E-state index is 0.121. The zero-order valence-electron chi connectivity index (χ0n) is 20.6. The number of nitrogens with zero attached hydrogens (tertiary/aromatic N) is 3. The molecule has 4 aromatic carbocycles. The molecule has 0 radical (unpaired) electrons. The summed E-state index contributed by atoms with van der Waals surface area (Å²) in [4.78, 5) is 18.7. The first-order valence-electron chi connectivity index (χ1n) is 12.4. The van der Waals surface area contributed by atoms with Crippen LogP contribution in [0.15, 0.2) is 117 Å². The first-order chi connectivity index (χ1) is 18.5. The molecule has 5 aromatic rings. The molecule has 1 unspecified atom stereocenters. The fraction of sp³-hybridized carbons (Fsp3) is 0.0938. The van der Waals surface area contributed by atoms with Crippen molar-refractivity contribution < 1.29 is 4.79 Å². The summed E-state index contributed by atoms with van der Waals surface area (Å²) in [6, 6.07) is 33.8. The van der Waals surface area contributed by atoms with Crippen LogP contribution in [0, 0.1) is 6.92 Å². The monoisotopic (exact) mass is 623 g/mol. The number of aryl methyl sites for hydroxylation is 1. The highest BCUT2D eigenvalue weighted by atomic mass is 79.9. The molecular weight excluding hydrogens is 602 g/mol. The van der Waals surface area contributed by atoms with Crippen LogP contribution in [-0.4, -0.2) is 21.6 Å². The van der Waals surface area contributed by atoms with Crippen LogP contribution in [0.3, 0.4) is 0 Å². The Hall–Kier alpha value is -3.61. The molecule has 0 bridgehead atoms. The molecular formula is C32H23Br2N3O. The number of fused-ring (bicyclic) bond motifs is 1. The van der Waals surface area contributed by atoms with E-state index in [-0.39, 0.29) is 11.9 Å². The van der Waals surface area contributed by atoms with Gasteiger partial charge in [-0.1, -0.05) is 92.5 Å². The van der Waals surface area contributed by atoms with Gasteiger partial charge in [0.25, 0.3) is 5.91 Å². The van der Waals surface area contributed by atoms with Gasteiger partial charge in [-0.05, 0) is 60.5 Å². The quantitative estimate of drug-likeness (QED) is 0.201. The summed E-state index contributed by atoms with van der Waals surface area (Å²) >= 11 is 7.19. The van der Waals surface area contributed by atoms with Gasteiger partial charge in [0.2, 0.25) is 0 Å². The van der Waals surface area contributed by atoms with E-state index in [1.54, 1.807) is 5.01 Å². The predicted molar refractivity (Wildman–Crippen MR) is 160 cm³/mol. The number of amides is 1. The van der Waals surface area contributed by atoms with Crippen molar-refractivity contribution in [1.82, 2.24) is 9.99 Å². The van der Waals surface area contributed by atoms with E-state index in [1.807, 2.05) is 79.7 Å². The highest BCUT2D eigenvalue weighted by molar-refractivity contribution is 9.10. The van der Waals surface area contributed by atoms with Crippen LogP contribution in [0.2, 0.25) is 0 Å². The van der Waals surface area contributed by atoms with Gasteiger partial charge in [-0.25, -0.2) is 5.01 Å². The predicted octanol–water partition coefficient (Wildman–Crippen LogP) is 8.73. The smallest absolute Gasteiger partial charge is 0.267 e. The van der Waals surface area contributed by atoms with E-state index in [1.165, 1.54) is 0 Å². The summed E-state index contributed by atoms with van der Waals surface area (Å²) in [5.74, 6) is -0.121. The third kappa shape index (κ3) is 4.59. The van der Waals surface area contributed by atoms with Gasteiger partial charge >= 0.3 is 0 Å². The molecule has 1 aromatic heterocycles. The molecule has 0 aliphatic carbocycles. The molecule has 6 heteroatoms. The van der Waals surface area contributed by atoms with Gasteiger partial charge in [-0.3, -0.25) is 9.78 Å². The number of rotatable bonds is 4. The van der Waals surface area contributed by atoms with Gasteiger partial charge < -0.3 is 0 Å². The van der Waals surface area contributed by atoms with E-state index >= 15 is 0 Å². The Kier molecular flexibility index (Phi) is 6.68. The molecule has 0 saturated heterocycles. The number of hydrogen-bond acceptors (Lipinski definition) is 3. The Morgan fingerprint density at radius 3 is 2.18 bits per heavy atom. The van der Waals surface area contributed by atoms with Gasteiger partial charge in [-0.15, -0.1) is 0 Å². The molecule has 1 atom stereocenters. The Morgan fingerprint density at radius 2 is 1.47 bits per heavy atom. The molecule has 0 N–H and O–H groups in total. The van der Waals surface area contributed by atoms with E-state index in [0.29, 0.717) is 12.0 Å². The normalized spacial score (nSPS) is 15.1. The number of carbonyl (C=O) groups is 1. The third-order valence-corrected chi connectivity index (χ3v) is 7.89. The standard InChI is InChI=1S/C32H23Br2N3O/c1-20-30(31(22-8-4-2-5-9-22)26-18-25(34)16-17-27(26)35-20)28-19-29(21-12-14-24(33)15-13-21)37(36-28)32(38)23-10-6-3-7-11-23/h2-18,29H,19H2,1H3. The lowest BCUT2D eigenvalue weighted by Gasteiger charge is -2.22. The Bertz CT molecular complexity index is 1680. The molecule has 1 aliphatic rings. The molecule has 0 spiro atoms. The van der Waals surface area contributed by atoms with E-state index < -0.39 is 0 Å². The summed E-state index contributed by atoms with van der Waals surface area (Å²) in [5, 5.41) is 7.72. The van der Waals surface area contributed by atoms with Gasteiger partial charge in [0.1, 0.15) is 0 Å². The average molecular weight is 625 g/mol. The second-order valence-corrected chi connectivity index (χ2v) is 11.1. The van der Waals surface area contributed by atoms with Crippen LogP contribution in [0.25, 0.3) is 22.0 Å². The highest BCUT2D eigenvalue weighted by Gasteiger charge is 2.35. The first kappa shape index (κ1) is 24.7. The maximum atomic E-state index is 13.8. The van der Waals surface area contributed by atoms with Crippen molar-refractivity contribution in [2.24, 2.45) is 5.10 Å². The maximum Gasteiger partial charge on any atom is 0.274 e. The Balaban J connectivity index is 1.56. The molecule has 1 amide bonds. The molecule has 0 fully saturated rings. The van der Waals surface area contributed by atoms with Crippen LogP contribution >= 0.6 is 31.9 Å². The molecule has 38 heavy (non-hydrogen) atoms. The lowest BCUT2D eigenvalue weighted by atomic mass is 9.89. The van der Waals surface area contributed by atoms with E-state index in [4.69, 9.17) is 10.1 Å². The van der Waals surface area contributed by atoms with Crippen LogP contribution in [0.4, 0.5) is 0 Å². The number of carbonyl (C=O) groups excluding carboxylic acids is 1. The molecule has 2 heterocycles. The zero-order chi connectivity index (χ0) is 26.2. The lowest BCUT2D eigenvalue weighted by Crippen LogP contribution is -2.27. The summed E-state index contributed by atoms with van der Waals surface area (Å²) in [6.45, 7) is 2.03. The first-order valence-corrected chi connectivity index (χ1v) is 14.0. The van der Waals surface area contributed by atoms with Crippen LogP contribution in [-0.2, 0) is 0 Å². The van der Waals surface area contributed by atoms with E-state index in [0.717, 1.165) is 53.5 Å². The topological polar surface area (TPSA) is 45.6 Å². The molecule has 1 aliphatic heterocycles. The van der Waals surface area contributed by atoms with Crippen molar-refractivity contribution in [2.45, 2.75) is 19.4 Å². The number of benzene rings is 4. The minimum atomic E-state index is -0.230. The van der Waals surface area contributed by atoms with Crippen molar-refractivity contribution in [3.8, 4) is 11.1 Å². The fourth-order valence-corrected chi connectivity index (χ4v) is 5.75. The van der Waals surface area contributed by atoms with E-state index in [2.05, 4.69) is 62.2 Å². The van der Waals surface area contributed by atoms with Crippen LogP contribution < -0.4 is 0 Å². The highest BCUT2D eigenvalue weighted by Crippen LogP contribution is 2.40. The number of hydrazone groups is 1. The number of aromatic nitrogens is 1. The molecule has 6 rings (SSSR count). The Morgan fingerprint density at radius 1 is 0.816 bits per heavy atom. The van der Waals surface area contributed by atoms with Crippen molar-refractivity contribution in [2.75, 3.05) is 0 Å². The minimum Gasteiger partial charge on any atom is -0.267 e.